The third-order valence-corrected chi connectivity index (χ3v) is 3.72. The molecule has 0 aliphatic carbocycles. The van der Waals surface area contributed by atoms with Gasteiger partial charge in [-0.15, -0.1) is 0 Å². The molecule has 0 amide bonds. The molecule has 0 atom stereocenters. The quantitative estimate of drug-likeness (QED) is 0.744. The molecule has 0 fully saturated rings. The first kappa shape index (κ1) is 11.2. The second-order valence-corrected chi connectivity index (χ2v) is 5.64. The molecule has 0 saturated carbocycles. The Morgan fingerprint density at radius 2 is 2.29 bits per heavy atom. The molecule has 0 aliphatic heterocycles. The summed E-state index contributed by atoms with van der Waals surface area (Å²) < 4.78 is 25.2. The minimum absolute atomic E-state index is 0.385. The van der Waals surface area contributed by atoms with Crippen molar-refractivity contribution in [1.29, 1.82) is 0 Å². The highest BCUT2D eigenvalue weighted by Gasteiger charge is 2.14. The van der Waals surface area contributed by atoms with E-state index in [1.807, 2.05) is 0 Å². The summed E-state index contributed by atoms with van der Waals surface area (Å²) in [4.78, 5) is 6.75. The summed E-state index contributed by atoms with van der Waals surface area (Å²) in [6, 6.07) is 0. The van der Waals surface area contributed by atoms with Crippen LogP contribution in [0.1, 0.15) is 19.5 Å². The lowest BCUT2D eigenvalue weighted by molar-refractivity contribution is 0.572. The van der Waals surface area contributed by atoms with Gasteiger partial charge >= 0.3 is 0 Å². The number of H-pyrrole nitrogens is 1. The van der Waals surface area contributed by atoms with Gasteiger partial charge in [-0.2, -0.15) is 0 Å². The second-order valence-electron chi connectivity index (χ2n) is 3.31. The van der Waals surface area contributed by atoms with Gasteiger partial charge in [0.05, 0.1) is 11.6 Å². The number of sulfonamides is 1. The predicted molar refractivity (Wildman–Crippen MR) is 54.4 cm³/mol. The normalized spacial score (nSPS) is 12.2. The zero-order chi connectivity index (χ0) is 10.6. The second kappa shape index (κ2) is 4.56. The van der Waals surface area contributed by atoms with Crippen LogP contribution in [0.15, 0.2) is 12.5 Å². The zero-order valence-electron chi connectivity index (χ0n) is 8.32. The van der Waals surface area contributed by atoms with Crippen molar-refractivity contribution >= 4 is 10.0 Å². The summed E-state index contributed by atoms with van der Waals surface area (Å²) in [7, 11) is -3.14. The van der Waals surface area contributed by atoms with Gasteiger partial charge in [0.1, 0.15) is 0 Å². The number of nitrogens with zero attached hydrogens (tertiary/aromatic N) is 1. The molecule has 2 N–H and O–H groups in total. The summed E-state index contributed by atoms with van der Waals surface area (Å²) in [5, 5.41) is -0.385. The predicted octanol–water partition coefficient (Wildman–Crippen LogP) is 0.280. The average Bonchev–Trinajstić information content (AvgIpc) is 2.56. The van der Waals surface area contributed by atoms with E-state index in [0.717, 1.165) is 5.69 Å². The van der Waals surface area contributed by atoms with Gasteiger partial charge in [0.25, 0.3) is 0 Å². The van der Waals surface area contributed by atoms with Crippen molar-refractivity contribution in [2.45, 2.75) is 25.5 Å². The maximum Gasteiger partial charge on any atom is 0.213 e. The van der Waals surface area contributed by atoms with Crippen LogP contribution in [0.3, 0.4) is 0 Å². The Balaban J connectivity index is 2.36. The molecule has 0 unspecified atom stereocenters. The molecule has 0 aliphatic rings. The van der Waals surface area contributed by atoms with Gasteiger partial charge in [-0.05, 0) is 13.8 Å². The van der Waals surface area contributed by atoms with E-state index in [9.17, 15) is 8.42 Å². The summed E-state index contributed by atoms with van der Waals surface area (Å²) in [6.07, 6.45) is 3.89. The molecule has 1 aromatic rings. The van der Waals surface area contributed by atoms with Crippen molar-refractivity contribution in [1.82, 2.24) is 14.7 Å². The minimum atomic E-state index is -3.14. The number of nitrogens with one attached hydrogen (secondary N) is 2. The standard InChI is InChI=1S/C8H15N3O2S/c1-7(2)14(12,13)11-4-3-8-5-9-6-10-8/h5-7,11H,3-4H2,1-2H3,(H,9,10). The van der Waals surface area contributed by atoms with Crippen LogP contribution in [0.4, 0.5) is 0 Å². The zero-order valence-corrected chi connectivity index (χ0v) is 9.13. The Bertz CT molecular complexity index is 356. The van der Waals surface area contributed by atoms with E-state index >= 15 is 0 Å². The Morgan fingerprint density at radius 3 is 2.79 bits per heavy atom. The van der Waals surface area contributed by atoms with Gasteiger partial charge in [-0.3, -0.25) is 0 Å². The lowest BCUT2D eigenvalue weighted by Crippen LogP contribution is -2.32. The topological polar surface area (TPSA) is 74.8 Å². The molecule has 0 bridgehead atoms. The first-order chi connectivity index (χ1) is 6.52. The largest absolute Gasteiger partial charge is 0.348 e. The fraction of sp³-hybridized carbons (Fsp3) is 0.625. The summed E-state index contributed by atoms with van der Waals surface area (Å²) in [6.45, 7) is 3.71. The molecule has 0 aromatic carbocycles. The maximum atomic E-state index is 11.3. The highest BCUT2D eigenvalue weighted by molar-refractivity contribution is 7.90. The van der Waals surface area contributed by atoms with Crippen LogP contribution >= 0.6 is 0 Å². The SMILES string of the molecule is CC(C)S(=O)(=O)NCCc1cnc[nH]1. The van der Waals surface area contributed by atoms with Crippen LogP contribution in [0, 0.1) is 0 Å². The third kappa shape index (κ3) is 3.12. The van der Waals surface area contributed by atoms with E-state index in [1.54, 1.807) is 26.4 Å². The first-order valence-corrected chi connectivity index (χ1v) is 6.03. The van der Waals surface area contributed by atoms with Crippen LogP contribution in [0.25, 0.3) is 0 Å². The number of aromatic amines is 1. The molecule has 14 heavy (non-hydrogen) atoms. The number of aromatic nitrogens is 2. The number of hydrogen-bond donors (Lipinski definition) is 2. The van der Waals surface area contributed by atoms with Crippen molar-refractivity contribution in [3.05, 3.63) is 18.2 Å². The molecule has 0 radical (unpaired) electrons. The molecule has 5 nitrogen and oxygen atoms in total. The Morgan fingerprint density at radius 1 is 1.57 bits per heavy atom. The minimum Gasteiger partial charge on any atom is -0.348 e. The fourth-order valence-corrected chi connectivity index (χ4v) is 1.64. The monoisotopic (exact) mass is 217 g/mol. The van der Waals surface area contributed by atoms with Crippen LogP contribution in [-0.2, 0) is 16.4 Å². The molecule has 1 rings (SSSR count). The molecule has 0 spiro atoms. The molecule has 6 heteroatoms. The Hall–Kier alpha value is -0.880. The Kier molecular flexibility index (Phi) is 3.65. The molecule has 80 valence electrons. The molecule has 1 aromatic heterocycles. The van der Waals surface area contributed by atoms with Crippen LogP contribution in [-0.4, -0.2) is 30.2 Å². The van der Waals surface area contributed by atoms with E-state index in [1.165, 1.54) is 0 Å². The molecular formula is C8H15N3O2S. The van der Waals surface area contributed by atoms with Gasteiger partial charge in [0.2, 0.25) is 10.0 Å². The maximum absolute atomic E-state index is 11.3. The number of imidazole rings is 1. The number of hydrogen-bond acceptors (Lipinski definition) is 3. The Labute approximate surface area is 84.0 Å². The van der Waals surface area contributed by atoms with Crippen molar-refractivity contribution in [2.75, 3.05) is 6.54 Å². The molecular weight excluding hydrogens is 202 g/mol. The van der Waals surface area contributed by atoms with Crippen molar-refractivity contribution < 1.29 is 8.42 Å². The van der Waals surface area contributed by atoms with Gasteiger partial charge in [0.15, 0.2) is 0 Å². The van der Waals surface area contributed by atoms with E-state index in [-0.39, 0.29) is 5.25 Å². The van der Waals surface area contributed by atoms with Crippen LogP contribution in [0.2, 0.25) is 0 Å². The fourth-order valence-electron chi connectivity index (χ4n) is 0.916. The van der Waals surface area contributed by atoms with E-state index in [0.29, 0.717) is 13.0 Å². The molecule has 0 saturated heterocycles. The van der Waals surface area contributed by atoms with Crippen LogP contribution in [0.5, 0.6) is 0 Å². The highest BCUT2D eigenvalue weighted by Crippen LogP contribution is 1.97. The van der Waals surface area contributed by atoms with E-state index < -0.39 is 10.0 Å². The van der Waals surface area contributed by atoms with Crippen molar-refractivity contribution in [2.24, 2.45) is 0 Å². The smallest absolute Gasteiger partial charge is 0.213 e. The van der Waals surface area contributed by atoms with Crippen LogP contribution < -0.4 is 4.72 Å². The van der Waals surface area contributed by atoms with Gasteiger partial charge in [-0.1, -0.05) is 0 Å². The van der Waals surface area contributed by atoms with Gasteiger partial charge in [-0.25, -0.2) is 18.1 Å². The van der Waals surface area contributed by atoms with Gasteiger partial charge in [0, 0.05) is 24.9 Å². The summed E-state index contributed by atoms with van der Waals surface area (Å²) in [5.41, 5.74) is 0.927. The highest BCUT2D eigenvalue weighted by atomic mass is 32.2. The average molecular weight is 217 g/mol. The van der Waals surface area contributed by atoms with Crippen molar-refractivity contribution in [3.63, 3.8) is 0 Å². The first-order valence-electron chi connectivity index (χ1n) is 4.48. The number of rotatable bonds is 5. The lowest BCUT2D eigenvalue weighted by atomic mass is 10.3. The lowest BCUT2D eigenvalue weighted by Gasteiger charge is -2.08. The summed E-state index contributed by atoms with van der Waals surface area (Å²) in [5.74, 6) is 0. The third-order valence-electron chi connectivity index (χ3n) is 1.87. The van der Waals surface area contributed by atoms with Gasteiger partial charge < -0.3 is 4.98 Å². The molecule has 1 heterocycles. The van der Waals surface area contributed by atoms with Crippen molar-refractivity contribution in [3.8, 4) is 0 Å². The summed E-state index contributed by atoms with van der Waals surface area (Å²) >= 11 is 0. The van der Waals surface area contributed by atoms with E-state index in [2.05, 4.69) is 14.7 Å². The van der Waals surface area contributed by atoms with E-state index in [4.69, 9.17) is 0 Å².